The van der Waals surface area contributed by atoms with Crippen LogP contribution in [0.3, 0.4) is 0 Å². The second-order valence-corrected chi connectivity index (χ2v) is 5.90. The summed E-state index contributed by atoms with van der Waals surface area (Å²) >= 11 is 0. The van der Waals surface area contributed by atoms with E-state index in [0.29, 0.717) is 18.7 Å². The maximum absolute atomic E-state index is 12.3. The van der Waals surface area contributed by atoms with Gasteiger partial charge in [0.2, 0.25) is 5.91 Å². The molecular weight excluding hydrogens is 322 g/mol. The first-order valence-electron chi connectivity index (χ1n) is 8.04. The molecule has 1 aliphatic heterocycles. The Morgan fingerprint density at radius 1 is 1.32 bits per heavy atom. The third kappa shape index (κ3) is 3.88. The summed E-state index contributed by atoms with van der Waals surface area (Å²) in [5.74, 6) is 0.620. The van der Waals surface area contributed by atoms with Gasteiger partial charge >= 0.3 is 0 Å². The minimum Gasteiger partial charge on any atom is -0.493 e. The highest BCUT2D eigenvalue weighted by Gasteiger charge is 2.22. The minimum absolute atomic E-state index is 0.00753. The summed E-state index contributed by atoms with van der Waals surface area (Å²) in [7, 11) is 0. The predicted octanol–water partition coefficient (Wildman–Crippen LogP) is 2.96. The number of carbonyl (C=O) groups is 1. The molecule has 1 amide bonds. The monoisotopic (exact) mass is 341 g/mol. The van der Waals surface area contributed by atoms with Gasteiger partial charge in [0.25, 0.3) is 5.69 Å². The van der Waals surface area contributed by atoms with Gasteiger partial charge in [-0.3, -0.25) is 14.9 Å². The average molecular weight is 341 g/mol. The van der Waals surface area contributed by atoms with Crippen LogP contribution in [0.2, 0.25) is 0 Å². The lowest BCUT2D eigenvalue weighted by molar-refractivity contribution is -0.384. The molecule has 1 unspecified atom stereocenters. The van der Waals surface area contributed by atoms with E-state index >= 15 is 0 Å². The van der Waals surface area contributed by atoms with Crippen LogP contribution in [0.1, 0.15) is 23.6 Å². The zero-order valence-corrected chi connectivity index (χ0v) is 13.8. The van der Waals surface area contributed by atoms with Gasteiger partial charge < -0.3 is 15.4 Å². The summed E-state index contributed by atoms with van der Waals surface area (Å²) < 4.78 is 5.59. The van der Waals surface area contributed by atoms with Crippen molar-refractivity contribution in [3.05, 3.63) is 63.7 Å². The average Bonchev–Trinajstić information content (AvgIpc) is 2.61. The van der Waals surface area contributed by atoms with Gasteiger partial charge in [0.15, 0.2) is 0 Å². The summed E-state index contributed by atoms with van der Waals surface area (Å²) in [5.41, 5.74) is 2.38. The number of anilines is 1. The molecule has 0 radical (unpaired) electrons. The number of nitrogens with one attached hydrogen (secondary N) is 2. The molecule has 130 valence electrons. The van der Waals surface area contributed by atoms with Gasteiger partial charge in [0, 0.05) is 29.8 Å². The fourth-order valence-corrected chi connectivity index (χ4v) is 2.83. The molecule has 0 fully saturated rings. The summed E-state index contributed by atoms with van der Waals surface area (Å²) in [6.07, 6.45) is 0.707. The molecule has 25 heavy (non-hydrogen) atoms. The zero-order valence-electron chi connectivity index (χ0n) is 13.8. The lowest BCUT2D eigenvalue weighted by atomic mass is 10.0. The molecule has 1 atom stereocenters. The molecule has 2 aromatic rings. The Morgan fingerprint density at radius 3 is 2.92 bits per heavy atom. The number of amides is 1. The van der Waals surface area contributed by atoms with Crippen LogP contribution >= 0.6 is 0 Å². The second kappa shape index (κ2) is 7.21. The van der Waals surface area contributed by atoms with Crippen molar-refractivity contribution >= 4 is 17.3 Å². The molecule has 0 saturated carbocycles. The zero-order chi connectivity index (χ0) is 17.8. The Kier molecular flexibility index (Phi) is 4.83. The Balaban J connectivity index is 1.63. The van der Waals surface area contributed by atoms with Crippen LogP contribution in [0, 0.1) is 17.0 Å². The molecule has 1 aliphatic rings. The predicted molar refractivity (Wildman–Crippen MR) is 93.8 cm³/mol. The van der Waals surface area contributed by atoms with E-state index in [-0.39, 0.29) is 24.2 Å². The highest BCUT2D eigenvalue weighted by molar-refractivity contribution is 5.81. The normalized spacial score (nSPS) is 15.6. The number of nitro groups is 1. The second-order valence-electron chi connectivity index (χ2n) is 5.90. The first kappa shape index (κ1) is 16.8. The highest BCUT2D eigenvalue weighted by atomic mass is 16.6. The van der Waals surface area contributed by atoms with E-state index in [1.54, 1.807) is 6.07 Å². The first-order valence-corrected chi connectivity index (χ1v) is 8.04. The van der Waals surface area contributed by atoms with Crippen molar-refractivity contribution in [2.45, 2.75) is 19.4 Å². The van der Waals surface area contributed by atoms with Crippen molar-refractivity contribution in [1.82, 2.24) is 5.32 Å². The maximum atomic E-state index is 12.3. The Hall–Kier alpha value is -3.09. The highest BCUT2D eigenvalue weighted by Crippen LogP contribution is 2.31. The number of carbonyl (C=O) groups excluding carboxylic acids is 1. The topological polar surface area (TPSA) is 93.5 Å². The number of nitrogens with zero attached hydrogens (tertiary/aromatic N) is 1. The van der Waals surface area contributed by atoms with E-state index in [1.165, 1.54) is 12.1 Å². The molecule has 1 heterocycles. The molecule has 0 saturated heterocycles. The maximum Gasteiger partial charge on any atom is 0.271 e. The smallest absolute Gasteiger partial charge is 0.271 e. The number of aryl methyl sites for hydroxylation is 1. The van der Waals surface area contributed by atoms with E-state index in [9.17, 15) is 14.9 Å². The number of nitro benzene ring substituents is 1. The van der Waals surface area contributed by atoms with Gasteiger partial charge in [-0.2, -0.15) is 0 Å². The molecule has 0 bridgehead atoms. The van der Waals surface area contributed by atoms with Crippen molar-refractivity contribution in [3.63, 3.8) is 0 Å². The number of fused-ring (bicyclic) bond motifs is 1. The largest absolute Gasteiger partial charge is 0.493 e. The fourth-order valence-electron chi connectivity index (χ4n) is 2.83. The third-order valence-corrected chi connectivity index (χ3v) is 4.17. The van der Waals surface area contributed by atoms with Gasteiger partial charge in [0.05, 0.1) is 24.1 Å². The van der Waals surface area contributed by atoms with Gasteiger partial charge in [-0.15, -0.1) is 0 Å². The Morgan fingerprint density at radius 2 is 2.12 bits per heavy atom. The van der Waals surface area contributed by atoms with E-state index in [1.807, 2.05) is 31.2 Å². The van der Waals surface area contributed by atoms with Crippen LogP contribution < -0.4 is 15.4 Å². The minimum atomic E-state index is -0.455. The van der Waals surface area contributed by atoms with Crippen LogP contribution in [-0.2, 0) is 4.79 Å². The van der Waals surface area contributed by atoms with Gasteiger partial charge in [-0.25, -0.2) is 0 Å². The molecule has 2 N–H and O–H groups in total. The van der Waals surface area contributed by atoms with Gasteiger partial charge in [-0.1, -0.05) is 24.3 Å². The number of benzene rings is 2. The van der Waals surface area contributed by atoms with Crippen molar-refractivity contribution in [2.24, 2.45) is 0 Å². The molecule has 3 rings (SSSR count). The van der Waals surface area contributed by atoms with Crippen LogP contribution in [0.15, 0.2) is 42.5 Å². The number of ether oxygens (including phenoxy) is 1. The van der Waals surface area contributed by atoms with Crippen LogP contribution in [0.25, 0.3) is 0 Å². The number of rotatable bonds is 5. The van der Waals surface area contributed by atoms with Crippen LogP contribution in [0.4, 0.5) is 11.4 Å². The van der Waals surface area contributed by atoms with Crippen molar-refractivity contribution in [1.29, 1.82) is 0 Å². The van der Waals surface area contributed by atoms with Crippen molar-refractivity contribution < 1.29 is 14.5 Å². The lowest BCUT2D eigenvalue weighted by Gasteiger charge is -2.26. The van der Waals surface area contributed by atoms with Crippen molar-refractivity contribution in [2.75, 3.05) is 18.5 Å². The molecule has 0 aliphatic carbocycles. The molecule has 0 aromatic heterocycles. The third-order valence-electron chi connectivity index (χ3n) is 4.17. The van der Waals surface area contributed by atoms with Crippen molar-refractivity contribution in [3.8, 4) is 5.75 Å². The number of non-ortho nitro benzene ring substituents is 1. The van der Waals surface area contributed by atoms with E-state index < -0.39 is 4.92 Å². The van der Waals surface area contributed by atoms with Crippen LogP contribution in [0.5, 0.6) is 5.75 Å². The number of hydrogen-bond donors (Lipinski definition) is 2. The standard InChI is InChI=1S/C18H19N3O4/c1-12-6-7-13(21(23)24)10-16(12)19-11-18(22)20-15-8-9-25-17-5-3-2-4-14(15)17/h2-7,10,15,19H,8-9,11H2,1H3,(H,20,22). The summed E-state index contributed by atoms with van der Waals surface area (Å²) in [5, 5.41) is 16.8. The summed E-state index contributed by atoms with van der Waals surface area (Å²) in [6.45, 7) is 2.43. The SMILES string of the molecule is Cc1ccc([N+](=O)[O-])cc1NCC(=O)NC1CCOc2ccccc21. The summed E-state index contributed by atoms with van der Waals surface area (Å²) in [4.78, 5) is 22.7. The molecular formula is C18H19N3O4. The Bertz CT molecular complexity index is 807. The van der Waals surface area contributed by atoms with Gasteiger partial charge in [0.1, 0.15) is 5.75 Å². The summed E-state index contributed by atoms with van der Waals surface area (Å²) in [6, 6.07) is 12.1. The van der Waals surface area contributed by atoms with E-state index in [0.717, 1.165) is 16.9 Å². The molecule has 2 aromatic carbocycles. The quantitative estimate of drug-likeness (QED) is 0.644. The van der Waals surface area contributed by atoms with Crippen LogP contribution in [-0.4, -0.2) is 24.0 Å². The molecule has 7 heteroatoms. The number of para-hydroxylation sites is 1. The fraction of sp³-hybridized carbons (Fsp3) is 0.278. The lowest BCUT2D eigenvalue weighted by Crippen LogP contribution is -2.35. The molecule has 7 nitrogen and oxygen atoms in total. The molecule has 0 spiro atoms. The van der Waals surface area contributed by atoms with Gasteiger partial charge in [-0.05, 0) is 18.6 Å². The van der Waals surface area contributed by atoms with E-state index in [2.05, 4.69) is 10.6 Å². The first-order chi connectivity index (χ1) is 12.0. The Labute approximate surface area is 145 Å². The van der Waals surface area contributed by atoms with E-state index in [4.69, 9.17) is 4.74 Å². The number of hydrogen-bond acceptors (Lipinski definition) is 5.